The molecule has 0 rings (SSSR count). The zero-order chi connectivity index (χ0) is 11.4. The second-order valence-corrected chi connectivity index (χ2v) is 3.10. The lowest BCUT2D eigenvalue weighted by Crippen LogP contribution is -2.53. The van der Waals surface area contributed by atoms with Crippen LogP contribution < -0.4 is 5.73 Å². The minimum absolute atomic E-state index is 0.140. The third-order valence-electron chi connectivity index (χ3n) is 1.98. The van der Waals surface area contributed by atoms with Crippen LogP contribution in [-0.2, 0) is 4.79 Å². The summed E-state index contributed by atoms with van der Waals surface area (Å²) in [7, 11) is 1.35. The second-order valence-electron chi connectivity index (χ2n) is 3.10. The highest BCUT2D eigenvalue weighted by Gasteiger charge is 2.32. The smallest absolute Gasteiger partial charge is 0.252 e. The molecule has 14 heavy (non-hydrogen) atoms. The van der Waals surface area contributed by atoms with Crippen LogP contribution in [0.1, 0.15) is 0 Å². The lowest BCUT2D eigenvalue weighted by Gasteiger charge is -2.28. The van der Waals surface area contributed by atoms with Crippen molar-refractivity contribution in [1.29, 1.82) is 0 Å². The fourth-order valence-electron chi connectivity index (χ4n) is 0.748. The normalized spacial score (nSPS) is 11.2. The summed E-state index contributed by atoms with van der Waals surface area (Å²) in [5.74, 6) is -0.613. The molecule has 0 aliphatic heterocycles. The number of nitrogens with two attached hydrogens (primary N) is 1. The van der Waals surface area contributed by atoms with Gasteiger partial charge in [-0.25, -0.2) is 0 Å². The van der Waals surface area contributed by atoms with E-state index in [0.29, 0.717) is 0 Å². The Kier molecular flexibility index (Phi) is 4.72. The van der Waals surface area contributed by atoms with Crippen molar-refractivity contribution >= 4 is 5.91 Å². The molecule has 82 valence electrons. The first kappa shape index (κ1) is 13.1. The van der Waals surface area contributed by atoms with Gasteiger partial charge in [-0.3, -0.25) is 4.79 Å². The maximum atomic E-state index is 11.4. The van der Waals surface area contributed by atoms with Crippen LogP contribution in [-0.4, -0.2) is 58.7 Å². The molecule has 0 bridgehead atoms. The van der Waals surface area contributed by atoms with E-state index < -0.39 is 31.4 Å². The maximum Gasteiger partial charge on any atom is 0.252 e. The summed E-state index contributed by atoms with van der Waals surface area (Å²) in [4.78, 5) is 12.4. The van der Waals surface area contributed by atoms with Crippen molar-refractivity contribution in [3.05, 3.63) is 12.2 Å². The number of aliphatic hydroxyl groups is 3. The molecule has 6 heteroatoms. The van der Waals surface area contributed by atoms with Gasteiger partial charge in [0, 0.05) is 12.6 Å². The molecule has 6 nitrogen and oxygen atoms in total. The summed E-state index contributed by atoms with van der Waals surface area (Å²) >= 11 is 0. The van der Waals surface area contributed by atoms with Gasteiger partial charge in [0.05, 0.1) is 18.8 Å². The van der Waals surface area contributed by atoms with E-state index in [1.54, 1.807) is 0 Å². The van der Waals surface area contributed by atoms with Crippen LogP contribution in [0.2, 0.25) is 0 Å². The highest BCUT2D eigenvalue weighted by atomic mass is 16.3. The molecule has 0 aromatic carbocycles. The van der Waals surface area contributed by atoms with Crippen molar-refractivity contribution in [2.24, 2.45) is 5.73 Å². The van der Waals surface area contributed by atoms with E-state index in [1.807, 2.05) is 0 Å². The fraction of sp³-hybridized carbons (Fsp3) is 0.625. The third kappa shape index (κ3) is 2.52. The van der Waals surface area contributed by atoms with E-state index in [0.717, 1.165) is 4.90 Å². The third-order valence-corrected chi connectivity index (χ3v) is 1.98. The van der Waals surface area contributed by atoms with E-state index in [1.165, 1.54) is 7.05 Å². The Morgan fingerprint density at radius 1 is 1.43 bits per heavy atom. The standard InChI is InChI=1S/C8H16N2O4/c1-6(7(14)10(2)5-13)8(9,3-11)4-12/h11-13H,1,3-5,9H2,2H3. The van der Waals surface area contributed by atoms with Crippen LogP contribution in [0, 0.1) is 0 Å². The predicted octanol–water partition coefficient (Wildman–Crippen LogP) is -2.37. The average Bonchev–Trinajstić information content (AvgIpc) is 2.24. The average molecular weight is 204 g/mol. The highest BCUT2D eigenvalue weighted by molar-refractivity contribution is 5.94. The van der Waals surface area contributed by atoms with E-state index in [9.17, 15) is 4.79 Å². The molecule has 5 N–H and O–H groups in total. The van der Waals surface area contributed by atoms with Crippen LogP contribution in [0.25, 0.3) is 0 Å². The summed E-state index contributed by atoms with van der Waals surface area (Å²) in [5, 5.41) is 26.4. The van der Waals surface area contributed by atoms with Crippen LogP contribution in [0.3, 0.4) is 0 Å². The number of carbonyl (C=O) groups is 1. The lowest BCUT2D eigenvalue weighted by atomic mass is 9.93. The molecule has 0 unspecified atom stereocenters. The Labute approximate surface area is 82.2 Å². The van der Waals surface area contributed by atoms with E-state index >= 15 is 0 Å². The molecule has 0 radical (unpaired) electrons. The van der Waals surface area contributed by atoms with Gasteiger partial charge >= 0.3 is 0 Å². The van der Waals surface area contributed by atoms with E-state index in [2.05, 4.69) is 6.58 Å². The monoisotopic (exact) mass is 204 g/mol. The van der Waals surface area contributed by atoms with Gasteiger partial charge in [-0.1, -0.05) is 6.58 Å². The number of nitrogens with zero attached hydrogens (tertiary/aromatic N) is 1. The summed E-state index contributed by atoms with van der Waals surface area (Å²) in [5.41, 5.74) is 3.82. The van der Waals surface area contributed by atoms with Gasteiger partial charge < -0.3 is 26.0 Å². The van der Waals surface area contributed by atoms with Gasteiger partial charge in [-0.05, 0) is 0 Å². The Hall–Kier alpha value is -0.950. The molecule has 0 aliphatic carbocycles. The molecule has 0 aromatic rings. The topological polar surface area (TPSA) is 107 Å². The summed E-state index contributed by atoms with van der Waals surface area (Å²) < 4.78 is 0. The summed E-state index contributed by atoms with van der Waals surface area (Å²) in [6.07, 6.45) is 0. The van der Waals surface area contributed by atoms with Gasteiger partial charge in [0.1, 0.15) is 6.73 Å². The van der Waals surface area contributed by atoms with Crippen LogP contribution in [0.15, 0.2) is 12.2 Å². The van der Waals surface area contributed by atoms with E-state index in [4.69, 9.17) is 21.1 Å². The highest BCUT2D eigenvalue weighted by Crippen LogP contribution is 2.13. The van der Waals surface area contributed by atoms with Crippen molar-refractivity contribution in [2.75, 3.05) is 27.0 Å². The molecule has 0 aromatic heterocycles. The van der Waals surface area contributed by atoms with Crippen LogP contribution in [0.4, 0.5) is 0 Å². The fourth-order valence-corrected chi connectivity index (χ4v) is 0.748. The van der Waals surface area contributed by atoms with Gasteiger partial charge in [-0.2, -0.15) is 0 Å². The Morgan fingerprint density at radius 2 is 1.86 bits per heavy atom. The second kappa shape index (κ2) is 5.06. The minimum Gasteiger partial charge on any atom is -0.394 e. The molecule has 0 heterocycles. The van der Waals surface area contributed by atoms with Gasteiger partial charge in [0.15, 0.2) is 0 Å². The molecular weight excluding hydrogens is 188 g/mol. The minimum atomic E-state index is -1.54. The Morgan fingerprint density at radius 3 is 2.14 bits per heavy atom. The van der Waals surface area contributed by atoms with Crippen molar-refractivity contribution in [1.82, 2.24) is 4.90 Å². The summed E-state index contributed by atoms with van der Waals surface area (Å²) in [6, 6.07) is 0. The first-order valence-corrected chi connectivity index (χ1v) is 3.99. The first-order chi connectivity index (χ1) is 6.42. The zero-order valence-electron chi connectivity index (χ0n) is 8.10. The van der Waals surface area contributed by atoms with Gasteiger partial charge in [0.25, 0.3) is 5.91 Å². The lowest BCUT2D eigenvalue weighted by molar-refractivity contribution is -0.130. The Bertz CT molecular complexity index is 225. The molecule has 0 spiro atoms. The first-order valence-electron chi connectivity index (χ1n) is 3.99. The van der Waals surface area contributed by atoms with Crippen molar-refractivity contribution in [2.45, 2.75) is 5.54 Å². The molecule has 0 fully saturated rings. The number of hydrogen-bond acceptors (Lipinski definition) is 5. The largest absolute Gasteiger partial charge is 0.394 e. The van der Waals surface area contributed by atoms with Crippen molar-refractivity contribution in [3.8, 4) is 0 Å². The quantitative estimate of drug-likeness (QED) is 0.296. The van der Waals surface area contributed by atoms with Crippen molar-refractivity contribution in [3.63, 3.8) is 0 Å². The zero-order valence-corrected chi connectivity index (χ0v) is 8.10. The number of hydrogen-bond donors (Lipinski definition) is 4. The van der Waals surface area contributed by atoms with Crippen LogP contribution >= 0.6 is 0 Å². The molecule has 0 atom stereocenters. The van der Waals surface area contributed by atoms with Gasteiger partial charge in [-0.15, -0.1) is 0 Å². The molecule has 0 saturated carbocycles. The predicted molar refractivity (Wildman–Crippen MR) is 50.1 cm³/mol. The number of carbonyl (C=O) groups excluding carboxylic acids is 1. The molecule has 0 saturated heterocycles. The SMILES string of the molecule is C=C(C(=O)N(C)CO)C(N)(CO)CO. The maximum absolute atomic E-state index is 11.4. The molecular formula is C8H16N2O4. The number of amides is 1. The molecule has 1 amide bonds. The van der Waals surface area contributed by atoms with Crippen molar-refractivity contribution < 1.29 is 20.1 Å². The molecule has 0 aliphatic rings. The number of rotatable bonds is 5. The number of aliphatic hydroxyl groups excluding tert-OH is 3. The summed E-state index contributed by atoms with van der Waals surface area (Å²) in [6.45, 7) is 1.73. The van der Waals surface area contributed by atoms with E-state index in [-0.39, 0.29) is 5.57 Å². The number of likely N-dealkylation sites (N-methyl/N-ethyl adjacent to an activating group) is 1. The van der Waals surface area contributed by atoms with Crippen LogP contribution in [0.5, 0.6) is 0 Å². The Balaban J connectivity index is 4.68. The van der Waals surface area contributed by atoms with Gasteiger partial charge in [0.2, 0.25) is 0 Å².